The Balaban J connectivity index is 1.78. The van der Waals surface area contributed by atoms with E-state index in [1.165, 1.54) is 4.88 Å². The van der Waals surface area contributed by atoms with Crippen molar-refractivity contribution in [1.82, 2.24) is 15.2 Å². The van der Waals surface area contributed by atoms with E-state index in [2.05, 4.69) is 39.1 Å². The SMILES string of the molecule is CCc1ccc(-c2nc(N3CCCC(N)C3)n[nH]2)s1. The van der Waals surface area contributed by atoms with E-state index in [1.54, 1.807) is 11.3 Å². The molecule has 2 aromatic rings. The van der Waals surface area contributed by atoms with E-state index < -0.39 is 0 Å². The molecule has 1 aliphatic heterocycles. The van der Waals surface area contributed by atoms with Gasteiger partial charge in [-0.15, -0.1) is 16.4 Å². The summed E-state index contributed by atoms with van der Waals surface area (Å²) in [7, 11) is 0. The van der Waals surface area contributed by atoms with E-state index in [1.807, 2.05) is 0 Å². The lowest BCUT2D eigenvalue weighted by Gasteiger charge is -2.29. The fourth-order valence-electron chi connectivity index (χ4n) is 2.39. The summed E-state index contributed by atoms with van der Waals surface area (Å²) in [5, 5.41) is 7.37. The van der Waals surface area contributed by atoms with E-state index in [9.17, 15) is 0 Å². The number of hydrogen-bond donors (Lipinski definition) is 2. The molecule has 1 unspecified atom stereocenters. The Bertz CT molecular complexity index is 547. The molecule has 19 heavy (non-hydrogen) atoms. The van der Waals surface area contributed by atoms with Gasteiger partial charge in [-0.1, -0.05) is 6.92 Å². The van der Waals surface area contributed by atoms with Crippen molar-refractivity contribution in [1.29, 1.82) is 0 Å². The van der Waals surface area contributed by atoms with Crippen LogP contribution in [0.4, 0.5) is 5.95 Å². The van der Waals surface area contributed by atoms with Gasteiger partial charge in [-0.25, -0.2) is 0 Å². The highest BCUT2D eigenvalue weighted by Crippen LogP contribution is 2.27. The lowest BCUT2D eigenvalue weighted by Crippen LogP contribution is -2.43. The van der Waals surface area contributed by atoms with Crippen LogP contribution >= 0.6 is 11.3 Å². The van der Waals surface area contributed by atoms with Crippen molar-refractivity contribution in [2.24, 2.45) is 5.73 Å². The van der Waals surface area contributed by atoms with Gasteiger partial charge in [0.05, 0.1) is 4.88 Å². The molecule has 3 N–H and O–H groups in total. The molecule has 5 nitrogen and oxygen atoms in total. The molecule has 1 fully saturated rings. The monoisotopic (exact) mass is 277 g/mol. The Kier molecular flexibility index (Phi) is 3.52. The van der Waals surface area contributed by atoms with Crippen LogP contribution in [0.3, 0.4) is 0 Å². The molecule has 3 heterocycles. The Morgan fingerprint density at radius 2 is 2.42 bits per heavy atom. The van der Waals surface area contributed by atoms with Crippen LogP contribution in [0.5, 0.6) is 0 Å². The summed E-state index contributed by atoms with van der Waals surface area (Å²) in [6, 6.07) is 4.50. The van der Waals surface area contributed by atoms with Crippen molar-refractivity contribution in [3.8, 4) is 10.7 Å². The summed E-state index contributed by atoms with van der Waals surface area (Å²) < 4.78 is 0. The summed E-state index contributed by atoms with van der Waals surface area (Å²) in [4.78, 5) is 9.29. The van der Waals surface area contributed by atoms with Gasteiger partial charge in [0, 0.05) is 24.0 Å². The third kappa shape index (κ3) is 2.64. The van der Waals surface area contributed by atoms with Crippen molar-refractivity contribution in [3.63, 3.8) is 0 Å². The molecule has 0 aliphatic carbocycles. The van der Waals surface area contributed by atoms with Crippen molar-refractivity contribution < 1.29 is 0 Å². The smallest absolute Gasteiger partial charge is 0.245 e. The van der Waals surface area contributed by atoms with E-state index in [0.717, 1.165) is 49.0 Å². The fourth-order valence-corrected chi connectivity index (χ4v) is 3.28. The van der Waals surface area contributed by atoms with Gasteiger partial charge in [0.2, 0.25) is 5.95 Å². The van der Waals surface area contributed by atoms with Gasteiger partial charge < -0.3 is 10.6 Å². The summed E-state index contributed by atoms with van der Waals surface area (Å²) in [5.74, 6) is 1.63. The second-order valence-corrected chi connectivity index (χ2v) is 6.12. The topological polar surface area (TPSA) is 70.8 Å². The zero-order chi connectivity index (χ0) is 13.2. The summed E-state index contributed by atoms with van der Waals surface area (Å²) in [6.07, 6.45) is 3.27. The third-order valence-corrected chi connectivity index (χ3v) is 4.69. The number of piperidine rings is 1. The van der Waals surface area contributed by atoms with Gasteiger partial charge in [-0.05, 0) is 31.4 Å². The number of nitrogens with two attached hydrogens (primary N) is 1. The molecule has 0 saturated carbocycles. The molecule has 6 heteroatoms. The molecule has 0 bridgehead atoms. The Labute approximate surface area is 116 Å². The zero-order valence-corrected chi connectivity index (χ0v) is 11.9. The van der Waals surface area contributed by atoms with Gasteiger partial charge in [0.15, 0.2) is 5.82 Å². The Morgan fingerprint density at radius 3 is 3.16 bits per heavy atom. The van der Waals surface area contributed by atoms with E-state index in [0.29, 0.717) is 0 Å². The number of thiophene rings is 1. The summed E-state index contributed by atoms with van der Waals surface area (Å²) in [6.45, 7) is 4.01. The molecule has 1 atom stereocenters. The highest BCUT2D eigenvalue weighted by atomic mass is 32.1. The molecular formula is C13H19N5S. The van der Waals surface area contributed by atoms with Gasteiger partial charge in [-0.3, -0.25) is 5.10 Å². The molecule has 1 aliphatic rings. The van der Waals surface area contributed by atoms with Crippen LogP contribution in [0.25, 0.3) is 10.7 Å². The zero-order valence-electron chi connectivity index (χ0n) is 11.1. The van der Waals surface area contributed by atoms with E-state index in [-0.39, 0.29) is 6.04 Å². The number of hydrogen-bond acceptors (Lipinski definition) is 5. The van der Waals surface area contributed by atoms with Gasteiger partial charge in [-0.2, -0.15) is 4.98 Å². The Hall–Kier alpha value is -1.40. The second kappa shape index (κ2) is 5.30. The average molecular weight is 277 g/mol. The summed E-state index contributed by atoms with van der Waals surface area (Å²) in [5.41, 5.74) is 6.00. The number of anilines is 1. The first-order valence-electron chi connectivity index (χ1n) is 6.78. The molecule has 2 aromatic heterocycles. The number of aromatic amines is 1. The van der Waals surface area contributed by atoms with E-state index >= 15 is 0 Å². The molecule has 1 saturated heterocycles. The van der Waals surface area contributed by atoms with Crippen LogP contribution in [0.1, 0.15) is 24.6 Å². The van der Waals surface area contributed by atoms with Crippen LogP contribution in [0.15, 0.2) is 12.1 Å². The molecule has 102 valence electrons. The first kappa shape index (κ1) is 12.6. The van der Waals surface area contributed by atoms with Crippen LogP contribution in [0.2, 0.25) is 0 Å². The second-order valence-electron chi connectivity index (χ2n) is 4.95. The van der Waals surface area contributed by atoms with Crippen LogP contribution < -0.4 is 10.6 Å². The maximum absolute atomic E-state index is 6.00. The quantitative estimate of drug-likeness (QED) is 0.900. The number of rotatable bonds is 3. The molecule has 0 radical (unpaired) electrons. The number of aromatic nitrogens is 3. The Morgan fingerprint density at radius 1 is 1.53 bits per heavy atom. The molecule has 3 rings (SSSR count). The van der Waals surface area contributed by atoms with Crippen LogP contribution in [-0.2, 0) is 6.42 Å². The minimum absolute atomic E-state index is 0.240. The van der Waals surface area contributed by atoms with Gasteiger partial charge in [0.25, 0.3) is 0 Å². The predicted molar refractivity (Wildman–Crippen MR) is 78.5 cm³/mol. The number of nitrogens with zero attached hydrogens (tertiary/aromatic N) is 3. The highest BCUT2D eigenvalue weighted by Gasteiger charge is 2.20. The van der Waals surface area contributed by atoms with Crippen LogP contribution in [-0.4, -0.2) is 34.3 Å². The normalized spacial score (nSPS) is 19.9. The third-order valence-electron chi connectivity index (χ3n) is 3.46. The first-order chi connectivity index (χ1) is 9.26. The summed E-state index contributed by atoms with van der Waals surface area (Å²) >= 11 is 1.77. The van der Waals surface area contributed by atoms with Crippen molar-refractivity contribution in [2.75, 3.05) is 18.0 Å². The van der Waals surface area contributed by atoms with Crippen molar-refractivity contribution in [3.05, 3.63) is 17.0 Å². The van der Waals surface area contributed by atoms with Gasteiger partial charge in [0.1, 0.15) is 0 Å². The van der Waals surface area contributed by atoms with Crippen molar-refractivity contribution in [2.45, 2.75) is 32.2 Å². The highest BCUT2D eigenvalue weighted by molar-refractivity contribution is 7.15. The number of nitrogens with one attached hydrogen (secondary N) is 1. The minimum Gasteiger partial charge on any atom is -0.338 e. The largest absolute Gasteiger partial charge is 0.338 e. The maximum atomic E-state index is 6.00. The lowest BCUT2D eigenvalue weighted by atomic mass is 10.1. The fraction of sp³-hybridized carbons (Fsp3) is 0.538. The molecule has 0 amide bonds. The first-order valence-corrected chi connectivity index (χ1v) is 7.60. The van der Waals surface area contributed by atoms with Crippen molar-refractivity contribution >= 4 is 17.3 Å². The lowest BCUT2D eigenvalue weighted by molar-refractivity contribution is 0.500. The number of aryl methyl sites for hydroxylation is 1. The molecular weight excluding hydrogens is 258 g/mol. The van der Waals surface area contributed by atoms with Crippen LogP contribution in [0, 0.1) is 0 Å². The predicted octanol–water partition coefficient (Wildman–Crippen LogP) is 2.02. The average Bonchev–Trinajstić information content (AvgIpc) is 3.07. The van der Waals surface area contributed by atoms with Gasteiger partial charge >= 0.3 is 0 Å². The molecule has 0 spiro atoms. The standard InChI is InChI=1S/C13H19N5S/c1-2-10-5-6-11(19-10)12-15-13(17-16-12)18-7-3-4-9(14)8-18/h5-6,9H,2-4,7-8,14H2,1H3,(H,15,16,17). The maximum Gasteiger partial charge on any atom is 0.245 e. The molecule has 0 aromatic carbocycles. The minimum atomic E-state index is 0.240. The van der Waals surface area contributed by atoms with E-state index in [4.69, 9.17) is 5.73 Å². The number of H-pyrrole nitrogens is 1.